The van der Waals surface area contributed by atoms with E-state index in [0.29, 0.717) is 29.3 Å². The summed E-state index contributed by atoms with van der Waals surface area (Å²) in [5.41, 5.74) is 1.25. The zero-order chi connectivity index (χ0) is 23.5. The number of urea groups is 1. The van der Waals surface area contributed by atoms with Gasteiger partial charge in [0.2, 0.25) is 0 Å². The molecule has 2 rings (SSSR count). The number of benzene rings is 2. The molecule has 0 aliphatic rings. The van der Waals surface area contributed by atoms with Crippen molar-refractivity contribution in [1.82, 2.24) is 5.32 Å². The molecular weight excluding hydrogens is 414 g/mol. The molecule has 2 aromatic rings. The van der Waals surface area contributed by atoms with Crippen LogP contribution in [-0.2, 0) is 4.74 Å². The largest absolute Gasteiger partial charge is 0.493 e. The maximum atomic E-state index is 12.8. The molecule has 3 N–H and O–H groups in total. The molecule has 0 fully saturated rings. The number of rotatable bonds is 10. The number of hydrogen-bond acceptors (Lipinski definition) is 6. The summed E-state index contributed by atoms with van der Waals surface area (Å²) in [6, 6.07) is 9.03. The molecular formula is C23H29N3O6. The number of hydrogen-bond donors (Lipinski definition) is 3. The molecule has 2 aromatic carbocycles. The number of methoxy groups -OCH3 is 2. The van der Waals surface area contributed by atoms with Gasteiger partial charge in [0, 0.05) is 29.9 Å². The van der Waals surface area contributed by atoms with Gasteiger partial charge < -0.3 is 30.2 Å². The van der Waals surface area contributed by atoms with Crippen LogP contribution < -0.4 is 25.4 Å². The number of esters is 1. The van der Waals surface area contributed by atoms with Crippen LogP contribution in [0.5, 0.6) is 11.5 Å². The van der Waals surface area contributed by atoms with E-state index in [-0.39, 0.29) is 23.9 Å². The predicted octanol–water partition coefficient (Wildman–Crippen LogP) is 4.05. The van der Waals surface area contributed by atoms with E-state index in [4.69, 9.17) is 14.2 Å². The maximum absolute atomic E-state index is 12.8. The Morgan fingerprint density at radius 1 is 0.906 bits per heavy atom. The number of amides is 3. The van der Waals surface area contributed by atoms with Crippen molar-refractivity contribution >= 4 is 29.3 Å². The summed E-state index contributed by atoms with van der Waals surface area (Å²) in [5, 5.41) is 8.17. The average Bonchev–Trinajstić information content (AvgIpc) is 2.79. The van der Waals surface area contributed by atoms with Crippen LogP contribution in [0.15, 0.2) is 36.4 Å². The molecule has 3 amide bonds. The zero-order valence-electron chi connectivity index (χ0n) is 18.7. The first-order chi connectivity index (χ1) is 15.4. The highest BCUT2D eigenvalue weighted by atomic mass is 16.5. The molecule has 0 aromatic heterocycles. The number of anilines is 2. The average molecular weight is 444 g/mol. The lowest BCUT2D eigenvalue weighted by Crippen LogP contribution is -2.29. The van der Waals surface area contributed by atoms with Crippen molar-refractivity contribution < 1.29 is 28.6 Å². The molecule has 0 heterocycles. The van der Waals surface area contributed by atoms with Gasteiger partial charge in [-0.3, -0.25) is 4.79 Å². The maximum Gasteiger partial charge on any atom is 0.340 e. The fraction of sp³-hybridized carbons (Fsp3) is 0.348. The summed E-state index contributed by atoms with van der Waals surface area (Å²) in [5.74, 6) is -0.357. The van der Waals surface area contributed by atoms with E-state index in [1.54, 1.807) is 31.2 Å². The molecule has 0 saturated carbocycles. The molecule has 9 nitrogen and oxygen atoms in total. The fourth-order valence-corrected chi connectivity index (χ4v) is 2.81. The van der Waals surface area contributed by atoms with Crippen molar-refractivity contribution in [3.63, 3.8) is 0 Å². The number of nitrogens with one attached hydrogen (secondary N) is 3. The summed E-state index contributed by atoms with van der Waals surface area (Å²) in [6.45, 7) is 4.51. The van der Waals surface area contributed by atoms with Gasteiger partial charge in [0.25, 0.3) is 5.91 Å². The Bertz CT molecular complexity index is 943. The predicted molar refractivity (Wildman–Crippen MR) is 122 cm³/mol. The van der Waals surface area contributed by atoms with E-state index in [9.17, 15) is 14.4 Å². The summed E-state index contributed by atoms with van der Waals surface area (Å²) in [6.07, 6.45) is 1.89. The summed E-state index contributed by atoms with van der Waals surface area (Å²) < 4.78 is 15.6. The van der Waals surface area contributed by atoms with Crippen molar-refractivity contribution in [3.05, 3.63) is 47.5 Å². The molecule has 0 saturated heterocycles. The summed E-state index contributed by atoms with van der Waals surface area (Å²) in [4.78, 5) is 37.0. The van der Waals surface area contributed by atoms with Gasteiger partial charge in [0.05, 0.1) is 32.1 Å². The van der Waals surface area contributed by atoms with E-state index in [1.807, 2.05) is 6.92 Å². The highest BCUT2D eigenvalue weighted by molar-refractivity contribution is 6.08. The first-order valence-corrected chi connectivity index (χ1v) is 10.3. The van der Waals surface area contributed by atoms with Crippen LogP contribution in [0.3, 0.4) is 0 Å². The minimum atomic E-state index is -0.600. The molecule has 0 radical (unpaired) electrons. The van der Waals surface area contributed by atoms with Gasteiger partial charge >= 0.3 is 12.0 Å². The topological polar surface area (TPSA) is 115 Å². The third kappa shape index (κ3) is 6.63. The third-order valence-electron chi connectivity index (χ3n) is 4.49. The van der Waals surface area contributed by atoms with E-state index < -0.39 is 11.9 Å². The molecule has 0 aliphatic carbocycles. The zero-order valence-corrected chi connectivity index (χ0v) is 18.7. The molecule has 0 spiro atoms. The summed E-state index contributed by atoms with van der Waals surface area (Å²) >= 11 is 0. The minimum absolute atomic E-state index is 0.139. The van der Waals surface area contributed by atoms with Gasteiger partial charge in [-0.05, 0) is 37.6 Å². The van der Waals surface area contributed by atoms with E-state index >= 15 is 0 Å². The van der Waals surface area contributed by atoms with Gasteiger partial charge in [-0.15, -0.1) is 0 Å². The van der Waals surface area contributed by atoms with Gasteiger partial charge in [-0.25, -0.2) is 9.59 Å². The minimum Gasteiger partial charge on any atom is -0.493 e. The van der Waals surface area contributed by atoms with Gasteiger partial charge in [0.1, 0.15) is 0 Å². The Hall–Kier alpha value is -3.75. The van der Waals surface area contributed by atoms with Crippen LogP contribution in [-0.4, -0.2) is 45.3 Å². The van der Waals surface area contributed by atoms with E-state index in [0.717, 1.165) is 12.8 Å². The van der Waals surface area contributed by atoms with Crippen LogP contribution in [0.1, 0.15) is 47.4 Å². The smallest absolute Gasteiger partial charge is 0.340 e. The molecule has 0 atom stereocenters. The molecule has 0 bridgehead atoms. The molecule has 32 heavy (non-hydrogen) atoms. The van der Waals surface area contributed by atoms with Crippen molar-refractivity contribution in [2.45, 2.75) is 26.7 Å². The SMILES string of the molecule is CCCCNC(=O)Nc1ccc(C(=O)Nc2cc(OC)c(OC)cc2C(=O)OCC)cc1. The highest BCUT2D eigenvalue weighted by Gasteiger charge is 2.20. The van der Waals surface area contributed by atoms with E-state index in [2.05, 4.69) is 16.0 Å². The lowest BCUT2D eigenvalue weighted by Gasteiger charge is -2.15. The van der Waals surface area contributed by atoms with Crippen LogP contribution in [0, 0.1) is 0 Å². The molecule has 172 valence electrons. The number of carbonyl (C=O) groups is 3. The number of carbonyl (C=O) groups excluding carboxylic acids is 3. The second kappa shape index (κ2) is 12.2. The van der Waals surface area contributed by atoms with Crippen LogP contribution in [0.25, 0.3) is 0 Å². The lowest BCUT2D eigenvalue weighted by atomic mass is 10.1. The van der Waals surface area contributed by atoms with Crippen molar-refractivity contribution in [2.24, 2.45) is 0 Å². The standard InChI is InChI=1S/C23H29N3O6/c1-5-7-12-24-23(29)25-16-10-8-15(9-11-16)21(27)26-18-14-20(31-4)19(30-3)13-17(18)22(28)32-6-2/h8-11,13-14H,5-7,12H2,1-4H3,(H,26,27)(H2,24,25,29). The Balaban J connectivity index is 2.17. The molecule has 9 heteroatoms. The van der Waals surface area contributed by atoms with Crippen molar-refractivity contribution in [3.8, 4) is 11.5 Å². The first-order valence-electron chi connectivity index (χ1n) is 10.3. The van der Waals surface area contributed by atoms with Gasteiger partial charge in [-0.1, -0.05) is 13.3 Å². The van der Waals surface area contributed by atoms with E-state index in [1.165, 1.54) is 26.4 Å². The second-order valence-electron chi connectivity index (χ2n) is 6.74. The normalized spacial score (nSPS) is 10.1. The number of unbranched alkanes of at least 4 members (excludes halogenated alkanes) is 1. The number of ether oxygens (including phenoxy) is 3. The van der Waals surface area contributed by atoms with Crippen LogP contribution in [0.2, 0.25) is 0 Å². The third-order valence-corrected chi connectivity index (χ3v) is 4.49. The van der Waals surface area contributed by atoms with Gasteiger partial charge in [0.15, 0.2) is 11.5 Å². The Morgan fingerprint density at radius 2 is 1.56 bits per heavy atom. The van der Waals surface area contributed by atoms with Crippen LogP contribution in [0.4, 0.5) is 16.2 Å². The Morgan fingerprint density at radius 3 is 2.16 bits per heavy atom. The van der Waals surface area contributed by atoms with Crippen molar-refractivity contribution in [2.75, 3.05) is 38.0 Å². The van der Waals surface area contributed by atoms with Crippen LogP contribution >= 0.6 is 0 Å². The highest BCUT2D eigenvalue weighted by Crippen LogP contribution is 2.34. The van der Waals surface area contributed by atoms with Gasteiger partial charge in [-0.2, -0.15) is 0 Å². The Kier molecular flexibility index (Phi) is 9.34. The lowest BCUT2D eigenvalue weighted by molar-refractivity contribution is 0.0527. The second-order valence-corrected chi connectivity index (χ2v) is 6.74. The first kappa shape index (κ1) is 24.5. The van der Waals surface area contributed by atoms with Crippen molar-refractivity contribution in [1.29, 1.82) is 0 Å². The molecule has 0 aliphatic heterocycles. The quantitative estimate of drug-likeness (QED) is 0.377. The summed E-state index contributed by atoms with van der Waals surface area (Å²) in [7, 11) is 2.91. The molecule has 0 unspecified atom stereocenters. The Labute approximate surface area is 187 Å². The monoisotopic (exact) mass is 443 g/mol. The fourth-order valence-electron chi connectivity index (χ4n) is 2.81.